The Morgan fingerprint density at radius 1 is 1.29 bits per heavy atom. The Hall–Kier alpha value is -1.35. The Kier molecular flexibility index (Phi) is 3.79. The Balaban J connectivity index is 2.32. The normalized spacial score (nSPS) is 12.4. The molecule has 0 aliphatic carbocycles. The molecule has 0 spiro atoms. The zero-order chi connectivity index (χ0) is 12.3. The van der Waals surface area contributed by atoms with Gasteiger partial charge in [-0.1, -0.05) is 37.3 Å². The van der Waals surface area contributed by atoms with E-state index in [1.807, 2.05) is 37.3 Å². The van der Waals surface area contributed by atoms with Gasteiger partial charge in [0.15, 0.2) is 5.76 Å². The monoisotopic (exact) mass is 292 g/mol. The highest BCUT2D eigenvalue weighted by Gasteiger charge is 2.24. The molecular weight excluding hydrogens is 280 g/mol. The third-order valence-electron chi connectivity index (χ3n) is 2.77. The summed E-state index contributed by atoms with van der Waals surface area (Å²) in [6.07, 6.45) is 2.28. The molecule has 0 bridgehead atoms. The summed E-state index contributed by atoms with van der Waals surface area (Å²) < 4.78 is 5.95. The van der Waals surface area contributed by atoms with E-state index in [0.717, 1.165) is 16.5 Å². The van der Waals surface area contributed by atoms with Crippen molar-refractivity contribution in [2.75, 3.05) is 0 Å². The van der Waals surface area contributed by atoms with Crippen LogP contribution in [0.4, 0.5) is 0 Å². The van der Waals surface area contributed by atoms with E-state index < -0.39 is 0 Å². The Morgan fingerprint density at radius 2 is 2.00 bits per heavy atom. The van der Waals surface area contributed by atoms with E-state index in [2.05, 4.69) is 15.9 Å². The van der Waals surface area contributed by atoms with E-state index in [1.54, 1.807) is 6.07 Å². The van der Waals surface area contributed by atoms with E-state index in [-0.39, 0.29) is 11.7 Å². The molecule has 1 heterocycles. The first-order valence-corrected chi connectivity index (χ1v) is 6.35. The third-order valence-corrected chi connectivity index (χ3v) is 3.39. The minimum Gasteiger partial charge on any atom is -0.460 e. The summed E-state index contributed by atoms with van der Waals surface area (Å²) in [5.41, 5.74) is 1.03. The molecule has 0 N–H and O–H groups in total. The lowest BCUT2D eigenvalue weighted by atomic mass is 9.91. The van der Waals surface area contributed by atoms with Crippen LogP contribution in [0.25, 0.3) is 0 Å². The average molecular weight is 293 g/mol. The SMILES string of the molecule is CCC(C(=O)c1occc1Br)c1ccccc1. The summed E-state index contributed by atoms with van der Waals surface area (Å²) >= 11 is 3.32. The average Bonchev–Trinajstić information content (AvgIpc) is 2.77. The largest absolute Gasteiger partial charge is 0.460 e. The van der Waals surface area contributed by atoms with Crippen LogP contribution in [0.3, 0.4) is 0 Å². The van der Waals surface area contributed by atoms with Crippen molar-refractivity contribution in [1.82, 2.24) is 0 Å². The maximum atomic E-state index is 12.3. The van der Waals surface area contributed by atoms with E-state index >= 15 is 0 Å². The molecular formula is C14H13BrO2. The Bertz CT molecular complexity index is 502. The second-order valence-electron chi connectivity index (χ2n) is 3.83. The predicted molar refractivity (Wildman–Crippen MR) is 70.2 cm³/mol. The van der Waals surface area contributed by atoms with Crippen molar-refractivity contribution in [3.05, 3.63) is 58.5 Å². The van der Waals surface area contributed by atoms with Crippen LogP contribution < -0.4 is 0 Å². The molecule has 1 atom stereocenters. The van der Waals surface area contributed by atoms with Gasteiger partial charge < -0.3 is 4.42 Å². The van der Waals surface area contributed by atoms with Crippen molar-refractivity contribution in [3.63, 3.8) is 0 Å². The number of furan rings is 1. The highest BCUT2D eigenvalue weighted by atomic mass is 79.9. The van der Waals surface area contributed by atoms with E-state index in [0.29, 0.717) is 5.76 Å². The maximum Gasteiger partial charge on any atom is 0.206 e. The lowest BCUT2D eigenvalue weighted by Gasteiger charge is -2.12. The molecule has 17 heavy (non-hydrogen) atoms. The number of hydrogen-bond acceptors (Lipinski definition) is 2. The smallest absolute Gasteiger partial charge is 0.206 e. The third kappa shape index (κ3) is 2.50. The van der Waals surface area contributed by atoms with Crippen LogP contribution in [0.2, 0.25) is 0 Å². The number of Topliss-reactive ketones (excluding diaryl/α,β-unsaturated/α-hetero) is 1. The zero-order valence-corrected chi connectivity index (χ0v) is 11.1. The van der Waals surface area contributed by atoms with Gasteiger partial charge in [-0.05, 0) is 34.0 Å². The van der Waals surface area contributed by atoms with Crippen LogP contribution in [0.5, 0.6) is 0 Å². The summed E-state index contributed by atoms with van der Waals surface area (Å²) in [4.78, 5) is 12.3. The number of carbonyl (C=O) groups excluding carboxylic acids is 1. The zero-order valence-electron chi connectivity index (χ0n) is 9.52. The van der Waals surface area contributed by atoms with Crippen LogP contribution in [-0.2, 0) is 0 Å². The fourth-order valence-corrected chi connectivity index (χ4v) is 2.28. The molecule has 0 radical (unpaired) electrons. The van der Waals surface area contributed by atoms with Crippen molar-refractivity contribution in [2.45, 2.75) is 19.3 Å². The van der Waals surface area contributed by atoms with Gasteiger partial charge in [-0.3, -0.25) is 4.79 Å². The molecule has 1 aromatic heterocycles. The minimum atomic E-state index is -0.140. The molecule has 0 saturated carbocycles. The van der Waals surface area contributed by atoms with Crippen molar-refractivity contribution < 1.29 is 9.21 Å². The molecule has 3 heteroatoms. The van der Waals surface area contributed by atoms with Gasteiger partial charge in [-0.25, -0.2) is 0 Å². The molecule has 1 aromatic carbocycles. The first-order chi connectivity index (χ1) is 8.24. The second-order valence-corrected chi connectivity index (χ2v) is 4.69. The summed E-state index contributed by atoms with van der Waals surface area (Å²) in [5, 5.41) is 0. The summed E-state index contributed by atoms with van der Waals surface area (Å²) in [6.45, 7) is 2.01. The molecule has 0 aliphatic heterocycles. The van der Waals surface area contributed by atoms with Crippen LogP contribution in [0, 0.1) is 0 Å². The van der Waals surface area contributed by atoms with Crippen molar-refractivity contribution in [1.29, 1.82) is 0 Å². The molecule has 2 nitrogen and oxygen atoms in total. The van der Waals surface area contributed by atoms with Crippen molar-refractivity contribution in [3.8, 4) is 0 Å². The van der Waals surface area contributed by atoms with E-state index in [9.17, 15) is 4.79 Å². The van der Waals surface area contributed by atoms with Crippen molar-refractivity contribution in [2.24, 2.45) is 0 Å². The molecule has 2 aromatic rings. The molecule has 0 aliphatic rings. The highest BCUT2D eigenvalue weighted by Crippen LogP contribution is 2.28. The van der Waals surface area contributed by atoms with Crippen LogP contribution in [-0.4, -0.2) is 5.78 Å². The number of carbonyl (C=O) groups is 1. The molecule has 0 fully saturated rings. The first kappa shape index (κ1) is 12.1. The number of ketones is 1. The van der Waals surface area contributed by atoms with Gasteiger partial charge >= 0.3 is 0 Å². The summed E-state index contributed by atoms with van der Waals surface area (Å²) in [7, 11) is 0. The van der Waals surface area contributed by atoms with Gasteiger partial charge in [0.1, 0.15) is 0 Å². The second kappa shape index (κ2) is 5.32. The van der Waals surface area contributed by atoms with Gasteiger partial charge in [-0.15, -0.1) is 0 Å². The number of benzene rings is 1. The molecule has 2 rings (SSSR count). The minimum absolute atomic E-state index is 0.0237. The molecule has 1 unspecified atom stereocenters. The first-order valence-electron chi connectivity index (χ1n) is 5.56. The van der Waals surface area contributed by atoms with Gasteiger partial charge in [-0.2, -0.15) is 0 Å². The van der Waals surface area contributed by atoms with E-state index in [4.69, 9.17) is 4.42 Å². The molecule has 0 saturated heterocycles. The number of hydrogen-bond donors (Lipinski definition) is 0. The van der Waals surface area contributed by atoms with Gasteiger partial charge in [0.2, 0.25) is 5.78 Å². The Labute approximate surface area is 109 Å². The van der Waals surface area contributed by atoms with Crippen LogP contribution in [0.15, 0.2) is 51.6 Å². The lowest BCUT2D eigenvalue weighted by Crippen LogP contribution is -2.11. The molecule has 88 valence electrons. The fourth-order valence-electron chi connectivity index (χ4n) is 1.89. The van der Waals surface area contributed by atoms with Gasteiger partial charge in [0.25, 0.3) is 0 Å². The topological polar surface area (TPSA) is 30.2 Å². The van der Waals surface area contributed by atoms with E-state index in [1.165, 1.54) is 6.26 Å². The Morgan fingerprint density at radius 3 is 2.53 bits per heavy atom. The summed E-state index contributed by atoms with van der Waals surface area (Å²) in [5.74, 6) is 0.287. The fraction of sp³-hybridized carbons (Fsp3) is 0.214. The summed E-state index contributed by atoms with van der Waals surface area (Å²) in [6, 6.07) is 11.5. The number of rotatable bonds is 4. The van der Waals surface area contributed by atoms with Gasteiger partial charge in [0, 0.05) is 0 Å². The standard InChI is InChI=1S/C14H13BrO2/c1-2-11(10-6-4-3-5-7-10)13(16)14-12(15)8-9-17-14/h3-9,11H,2H2,1H3. The van der Waals surface area contributed by atoms with Crippen LogP contribution >= 0.6 is 15.9 Å². The van der Waals surface area contributed by atoms with Gasteiger partial charge in [0.05, 0.1) is 16.7 Å². The highest BCUT2D eigenvalue weighted by molar-refractivity contribution is 9.10. The molecule has 0 amide bonds. The van der Waals surface area contributed by atoms with Crippen molar-refractivity contribution >= 4 is 21.7 Å². The van der Waals surface area contributed by atoms with Crippen LogP contribution in [0.1, 0.15) is 35.4 Å². The number of halogens is 1. The predicted octanol–water partition coefficient (Wildman–Crippen LogP) is 4.42. The maximum absolute atomic E-state index is 12.3. The lowest BCUT2D eigenvalue weighted by molar-refractivity contribution is 0.0929. The quantitative estimate of drug-likeness (QED) is 0.781.